The molecular weight excluding hydrogens is 122 g/mol. The van der Waals surface area contributed by atoms with Gasteiger partial charge in [0.05, 0.1) is 6.07 Å². The molecule has 1 unspecified atom stereocenters. The van der Waals surface area contributed by atoms with E-state index in [2.05, 4.69) is 10.3 Å². The Hall–Kier alpha value is -1.12. The van der Waals surface area contributed by atoms with E-state index in [1.54, 1.807) is 6.07 Å². The molecule has 0 aromatic rings. The second-order valence-corrected chi connectivity index (χ2v) is 1.77. The highest BCUT2D eigenvalue weighted by atomic mass is 16.7. The predicted molar refractivity (Wildman–Crippen MR) is 26.6 cm³/mol. The average Bonchev–Trinajstić information content (AvgIpc) is 1.62. The van der Waals surface area contributed by atoms with E-state index in [1.807, 2.05) is 0 Å². The van der Waals surface area contributed by atoms with Crippen molar-refractivity contribution in [3.05, 3.63) is 0 Å². The normalized spacial score (nSPS) is 32.3. The molecule has 0 radical (unpaired) electrons. The number of hydrogen-bond acceptors (Lipinski definition) is 4. The van der Waals surface area contributed by atoms with Crippen LogP contribution in [0.2, 0.25) is 0 Å². The van der Waals surface area contributed by atoms with Gasteiger partial charge in [0.2, 0.25) is 5.54 Å². The highest BCUT2D eigenvalue weighted by molar-refractivity contribution is 5.88. The fourth-order valence-electron chi connectivity index (χ4n) is 0.448. The van der Waals surface area contributed by atoms with Crippen LogP contribution in [-0.2, 0) is 9.63 Å². The van der Waals surface area contributed by atoms with E-state index in [1.165, 1.54) is 0 Å². The van der Waals surface area contributed by atoms with Crippen LogP contribution >= 0.6 is 0 Å². The highest BCUT2D eigenvalue weighted by Crippen LogP contribution is 2.10. The first-order valence-electron chi connectivity index (χ1n) is 2.31. The van der Waals surface area contributed by atoms with Crippen LogP contribution in [0.15, 0.2) is 0 Å². The molecule has 0 aromatic heterocycles. The van der Waals surface area contributed by atoms with Gasteiger partial charge in [-0.1, -0.05) is 0 Å². The van der Waals surface area contributed by atoms with Crippen LogP contribution in [0.3, 0.4) is 0 Å². The van der Waals surface area contributed by atoms with Gasteiger partial charge in [-0.05, 0) is 0 Å². The highest BCUT2D eigenvalue weighted by Gasteiger charge is 2.45. The zero-order valence-corrected chi connectivity index (χ0v) is 4.55. The Kier molecular flexibility index (Phi) is 1.12. The number of nitrogens with two attached hydrogens (primary N) is 1. The Morgan fingerprint density at radius 2 is 2.56 bits per heavy atom. The second-order valence-electron chi connectivity index (χ2n) is 1.77. The number of nitrogens with one attached hydrogen (secondary N) is 1. The summed E-state index contributed by atoms with van der Waals surface area (Å²) in [5, 5.41) is 8.31. The fraction of sp³-hybridized carbons (Fsp3) is 0.500. The summed E-state index contributed by atoms with van der Waals surface area (Å²) in [6.45, 7) is 0.0405. The fourth-order valence-corrected chi connectivity index (χ4v) is 0.448. The topological polar surface area (TPSA) is 88.1 Å². The summed E-state index contributed by atoms with van der Waals surface area (Å²) >= 11 is 0. The maximum Gasteiger partial charge on any atom is 0.257 e. The molecular formula is C4H5N3O2. The molecule has 9 heavy (non-hydrogen) atoms. The third-order valence-corrected chi connectivity index (χ3v) is 1.15. The Bertz CT molecular complexity index is 179. The minimum absolute atomic E-state index is 0.0405. The number of hydrogen-bond donors (Lipinski definition) is 2. The van der Waals surface area contributed by atoms with E-state index in [0.717, 1.165) is 0 Å². The van der Waals surface area contributed by atoms with Gasteiger partial charge < -0.3 is 5.73 Å². The molecule has 48 valence electrons. The van der Waals surface area contributed by atoms with Crippen molar-refractivity contribution in [1.82, 2.24) is 5.48 Å². The van der Waals surface area contributed by atoms with Crippen molar-refractivity contribution in [1.29, 1.82) is 5.26 Å². The zero-order valence-electron chi connectivity index (χ0n) is 4.55. The molecule has 1 aliphatic rings. The monoisotopic (exact) mass is 127 g/mol. The summed E-state index contributed by atoms with van der Waals surface area (Å²) in [5.74, 6) is -0.698. The number of carbonyl (C=O) groups is 1. The molecule has 1 saturated heterocycles. The van der Waals surface area contributed by atoms with Gasteiger partial charge in [-0.15, -0.1) is 0 Å². The molecule has 1 amide bonds. The van der Waals surface area contributed by atoms with Crippen molar-refractivity contribution in [2.24, 2.45) is 5.73 Å². The molecule has 5 nitrogen and oxygen atoms in total. The first kappa shape index (κ1) is 6.01. The maximum atomic E-state index is 10.4. The smallest absolute Gasteiger partial charge is 0.257 e. The summed E-state index contributed by atoms with van der Waals surface area (Å²) in [6, 6.07) is 1.70. The lowest BCUT2D eigenvalue weighted by Crippen LogP contribution is -2.66. The molecule has 1 atom stereocenters. The van der Waals surface area contributed by atoms with Gasteiger partial charge >= 0.3 is 0 Å². The predicted octanol–water partition coefficient (Wildman–Crippen LogP) is -1.73. The number of nitrogens with zero attached hydrogens (tertiary/aromatic N) is 1. The third-order valence-electron chi connectivity index (χ3n) is 1.15. The first-order valence-corrected chi connectivity index (χ1v) is 2.31. The molecule has 5 heteroatoms. The Labute approximate surface area is 51.3 Å². The van der Waals surface area contributed by atoms with E-state index >= 15 is 0 Å². The van der Waals surface area contributed by atoms with Gasteiger partial charge in [-0.25, -0.2) is 0 Å². The SMILES string of the molecule is N#CC1(C(N)=O)CON1. The number of primary amides is 1. The standard InChI is InChI=1S/C4H5N3O2/c5-1-4(3(6)8)2-9-7-4/h7H,2H2,(H2,6,8). The van der Waals surface area contributed by atoms with Gasteiger partial charge in [0.1, 0.15) is 6.61 Å². The first-order chi connectivity index (χ1) is 4.21. The summed E-state index contributed by atoms with van der Waals surface area (Å²) in [6.07, 6.45) is 0. The summed E-state index contributed by atoms with van der Waals surface area (Å²) in [7, 11) is 0. The molecule has 0 aliphatic carbocycles. The largest absolute Gasteiger partial charge is 0.367 e. The number of amides is 1. The molecule has 1 rings (SSSR count). The van der Waals surface area contributed by atoms with Gasteiger partial charge in [0.25, 0.3) is 5.91 Å². The number of rotatable bonds is 1. The van der Waals surface area contributed by atoms with Crippen molar-refractivity contribution < 1.29 is 9.63 Å². The van der Waals surface area contributed by atoms with Crippen LogP contribution in [0.5, 0.6) is 0 Å². The van der Waals surface area contributed by atoms with E-state index < -0.39 is 11.4 Å². The lowest BCUT2D eigenvalue weighted by molar-refractivity contribution is -0.160. The molecule has 3 N–H and O–H groups in total. The molecule has 1 fully saturated rings. The van der Waals surface area contributed by atoms with E-state index in [4.69, 9.17) is 11.0 Å². The minimum Gasteiger partial charge on any atom is -0.367 e. The summed E-state index contributed by atoms with van der Waals surface area (Å²) in [5.41, 5.74) is 5.75. The van der Waals surface area contributed by atoms with Crippen LogP contribution in [0, 0.1) is 11.3 Å². The lowest BCUT2D eigenvalue weighted by atomic mass is 10.0. The van der Waals surface area contributed by atoms with E-state index in [0.29, 0.717) is 0 Å². The van der Waals surface area contributed by atoms with E-state index in [9.17, 15) is 4.79 Å². The quantitative estimate of drug-likeness (QED) is 0.438. The zero-order chi connectivity index (χ0) is 6.91. The van der Waals surface area contributed by atoms with Gasteiger partial charge in [0, 0.05) is 0 Å². The van der Waals surface area contributed by atoms with Crippen molar-refractivity contribution in [3.8, 4) is 6.07 Å². The van der Waals surface area contributed by atoms with Crippen LogP contribution < -0.4 is 11.2 Å². The van der Waals surface area contributed by atoms with Crippen LogP contribution in [0.25, 0.3) is 0 Å². The molecule has 0 saturated carbocycles. The number of nitriles is 1. The minimum atomic E-state index is -1.26. The molecule has 1 aliphatic heterocycles. The van der Waals surface area contributed by atoms with Gasteiger partial charge in [-0.2, -0.15) is 10.7 Å². The van der Waals surface area contributed by atoms with Crippen LogP contribution in [0.1, 0.15) is 0 Å². The van der Waals surface area contributed by atoms with E-state index in [-0.39, 0.29) is 6.61 Å². The van der Waals surface area contributed by atoms with Crippen molar-refractivity contribution in [3.63, 3.8) is 0 Å². The van der Waals surface area contributed by atoms with Crippen molar-refractivity contribution in [2.75, 3.05) is 6.61 Å². The van der Waals surface area contributed by atoms with Crippen molar-refractivity contribution >= 4 is 5.91 Å². The Morgan fingerprint density at radius 3 is 2.56 bits per heavy atom. The summed E-state index contributed by atoms with van der Waals surface area (Å²) < 4.78 is 0. The van der Waals surface area contributed by atoms with Crippen molar-refractivity contribution in [2.45, 2.75) is 5.54 Å². The molecule has 1 heterocycles. The third kappa shape index (κ3) is 0.650. The number of carbonyl (C=O) groups excluding carboxylic acids is 1. The molecule has 0 bridgehead atoms. The maximum absolute atomic E-state index is 10.4. The Balaban J connectivity index is 2.71. The van der Waals surface area contributed by atoms with Gasteiger partial charge in [-0.3, -0.25) is 9.63 Å². The lowest BCUT2D eigenvalue weighted by Gasteiger charge is -2.31. The molecule has 0 spiro atoms. The summed E-state index contributed by atoms with van der Waals surface area (Å²) in [4.78, 5) is 14.8. The molecule has 0 aromatic carbocycles. The second kappa shape index (κ2) is 1.69. The van der Waals surface area contributed by atoms with Gasteiger partial charge in [0.15, 0.2) is 0 Å². The van der Waals surface area contributed by atoms with Crippen LogP contribution in [0.4, 0.5) is 0 Å². The number of hydroxylamine groups is 1. The van der Waals surface area contributed by atoms with Crippen LogP contribution in [-0.4, -0.2) is 18.1 Å². The average molecular weight is 127 g/mol. The Morgan fingerprint density at radius 1 is 2.00 bits per heavy atom.